The fraction of sp³-hybridized carbons (Fsp3) is 0.500. The Kier molecular flexibility index (Phi) is 6.49. The summed E-state index contributed by atoms with van der Waals surface area (Å²) < 4.78 is 7.15. The summed E-state index contributed by atoms with van der Waals surface area (Å²) in [5, 5.41) is 7.58. The topological polar surface area (TPSA) is 73.2 Å². The molecule has 6 heteroatoms. The Hall–Kier alpha value is -2.63. The van der Waals surface area contributed by atoms with E-state index in [0.29, 0.717) is 6.54 Å². The zero-order chi connectivity index (χ0) is 20.1. The van der Waals surface area contributed by atoms with Gasteiger partial charge in [-0.15, -0.1) is 0 Å². The summed E-state index contributed by atoms with van der Waals surface area (Å²) in [5.74, 6) is -0.513. The molecule has 0 spiro atoms. The lowest BCUT2D eigenvalue weighted by Crippen LogP contribution is -2.38. The third-order valence-corrected chi connectivity index (χ3v) is 5.44. The van der Waals surface area contributed by atoms with E-state index in [2.05, 4.69) is 10.4 Å². The van der Waals surface area contributed by atoms with E-state index in [1.807, 2.05) is 48.9 Å². The Labute approximate surface area is 166 Å². The van der Waals surface area contributed by atoms with Gasteiger partial charge in [0.25, 0.3) is 0 Å². The highest BCUT2D eigenvalue weighted by atomic mass is 16.5. The van der Waals surface area contributed by atoms with Gasteiger partial charge in [-0.25, -0.2) is 4.79 Å². The number of carbonyl (C=O) groups excluding carboxylic acids is 2. The molecule has 1 N–H and O–H groups in total. The quantitative estimate of drug-likeness (QED) is 0.743. The van der Waals surface area contributed by atoms with Gasteiger partial charge in [-0.2, -0.15) is 5.10 Å². The molecule has 0 radical (unpaired) electrons. The van der Waals surface area contributed by atoms with Crippen LogP contribution in [0.2, 0.25) is 0 Å². The molecule has 1 heterocycles. The van der Waals surface area contributed by atoms with E-state index in [4.69, 9.17) is 4.74 Å². The van der Waals surface area contributed by atoms with Crippen LogP contribution in [-0.2, 0) is 20.9 Å². The number of hydrogen-bond acceptors (Lipinski definition) is 4. The molecular formula is C22H29N3O3. The fourth-order valence-corrected chi connectivity index (χ4v) is 3.96. The number of hydrogen-bond donors (Lipinski definition) is 1. The SMILES string of the molecule is CCOC(=O)[C@@H](NC(=O)C1CCCC1)c1c(C)nn(Cc2ccccc2)c1C. The molecule has 1 fully saturated rings. The number of rotatable bonds is 7. The van der Waals surface area contributed by atoms with Crippen LogP contribution in [0.5, 0.6) is 0 Å². The number of nitrogens with one attached hydrogen (secondary N) is 1. The minimum atomic E-state index is -0.822. The van der Waals surface area contributed by atoms with Gasteiger partial charge in [-0.3, -0.25) is 9.48 Å². The maximum absolute atomic E-state index is 12.7. The molecule has 1 aliphatic carbocycles. The van der Waals surface area contributed by atoms with Gasteiger partial charge < -0.3 is 10.1 Å². The molecule has 150 valence electrons. The van der Waals surface area contributed by atoms with Crippen molar-refractivity contribution in [2.75, 3.05) is 6.61 Å². The maximum Gasteiger partial charge on any atom is 0.333 e. The molecule has 1 saturated carbocycles. The molecule has 28 heavy (non-hydrogen) atoms. The Morgan fingerprint density at radius 1 is 1.21 bits per heavy atom. The zero-order valence-corrected chi connectivity index (χ0v) is 16.9. The van der Waals surface area contributed by atoms with Crippen molar-refractivity contribution in [3.8, 4) is 0 Å². The number of aryl methyl sites for hydroxylation is 1. The van der Waals surface area contributed by atoms with Gasteiger partial charge in [-0.1, -0.05) is 43.2 Å². The summed E-state index contributed by atoms with van der Waals surface area (Å²) in [6, 6.07) is 9.22. The van der Waals surface area contributed by atoms with Gasteiger partial charge in [0.1, 0.15) is 0 Å². The molecule has 0 bridgehead atoms. The van der Waals surface area contributed by atoms with E-state index in [-0.39, 0.29) is 18.4 Å². The molecule has 1 aliphatic rings. The highest BCUT2D eigenvalue weighted by Crippen LogP contribution is 2.28. The minimum absolute atomic E-state index is 0.0168. The molecule has 1 aromatic heterocycles. The third-order valence-electron chi connectivity index (χ3n) is 5.44. The van der Waals surface area contributed by atoms with E-state index < -0.39 is 12.0 Å². The van der Waals surface area contributed by atoms with Crippen LogP contribution < -0.4 is 5.32 Å². The van der Waals surface area contributed by atoms with Gasteiger partial charge in [0, 0.05) is 17.2 Å². The average Bonchev–Trinajstić information content (AvgIpc) is 3.30. The second-order valence-electron chi connectivity index (χ2n) is 7.40. The lowest BCUT2D eigenvalue weighted by molar-refractivity contribution is -0.148. The molecule has 1 amide bonds. The highest BCUT2D eigenvalue weighted by molar-refractivity contribution is 5.87. The first kappa shape index (κ1) is 20.1. The Bertz CT molecular complexity index is 823. The third kappa shape index (κ3) is 4.43. The predicted octanol–water partition coefficient (Wildman–Crippen LogP) is 3.46. The van der Waals surface area contributed by atoms with Gasteiger partial charge in [0.05, 0.1) is 18.8 Å². The van der Waals surface area contributed by atoms with Crippen molar-refractivity contribution in [1.29, 1.82) is 0 Å². The number of carbonyl (C=O) groups is 2. The molecule has 3 rings (SSSR count). The molecule has 0 aliphatic heterocycles. The Morgan fingerprint density at radius 3 is 2.54 bits per heavy atom. The number of amides is 1. The lowest BCUT2D eigenvalue weighted by atomic mass is 10.0. The minimum Gasteiger partial charge on any atom is -0.464 e. The number of aromatic nitrogens is 2. The first-order valence-corrected chi connectivity index (χ1v) is 10.1. The summed E-state index contributed by atoms with van der Waals surface area (Å²) in [7, 11) is 0. The molecule has 0 unspecified atom stereocenters. The summed E-state index contributed by atoms with van der Waals surface area (Å²) in [6.45, 7) is 6.46. The fourth-order valence-electron chi connectivity index (χ4n) is 3.96. The lowest BCUT2D eigenvalue weighted by Gasteiger charge is -2.20. The normalized spacial score (nSPS) is 15.4. The zero-order valence-electron chi connectivity index (χ0n) is 16.9. The maximum atomic E-state index is 12.7. The van der Waals surface area contributed by atoms with E-state index in [9.17, 15) is 9.59 Å². The van der Waals surface area contributed by atoms with Gasteiger partial charge in [0.15, 0.2) is 6.04 Å². The van der Waals surface area contributed by atoms with Crippen LogP contribution in [0.1, 0.15) is 61.2 Å². The van der Waals surface area contributed by atoms with Crippen molar-refractivity contribution in [2.24, 2.45) is 5.92 Å². The van der Waals surface area contributed by atoms with Gasteiger partial charge >= 0.3 is 5.97 Å². The van der Waals surface area contributed by atoms with Crippen molar-refractivity contribution in [3.63, 3.8) is 0 Å². The molecule has 1 atom stereocenters. The largest absolute Gasteiger partial charge is 0.464 e. The van der Waals surface area contributed by atoms with Crippen molar-refractivity contribution in [3.05, 3.63) is 52.8 Å². The molecule has 2 aromatic rings. The molecule has 6 nitrogen and oxygen atoms in total. The van der Waals surface area contributed by atoms with E-state index in [1.165, 1.54) is 0 Å². The van der Waals surface area contributed by atoms with Crippen molar-refractivity contribution in [2.45, 2.75) is 59.0 Å². The first-order valence-electron chi connectivity index (χ1n) is 10.1. The monoisotopic (exact) mass is 383 g/mol. The van der Waals surface area contributed by atoms with E-state index in [0.717, 1.165) is 48.2 Å². The van der Waals surface area contributed by atoms with Gasteiger partial charge in [0.2, 0.25) is 5.91 Å². The van der Waals surface area contributed by atoms with Gasteiger partial charge in [-0.05, 0) is 39.2 Å². The first-order chi connectivity index (χ1) is 13.5. The number of esters is 1. The van der Waals surface area contributed by atoms with Crippen LogP contribution in [0.25, 0.3) is 0 Å². The van der Waals surface area contributed by atoms with Crippen LogP contribution in [0.4, 0.5) is 0 Å². The molecule has 1 aromatic carbocycles. The summed E-state index contributed by atoms with van der Waals surface area (Å²) in [5.41, 5.74) is 3.47. The summed E-state index contributed by atoms with van der Waals surface area (Å²) in [4.78, 5) is 25.4. The number of benzene rings is 1. The van der Waals surface area contributed by atoms with Crippen molar-refractivity contribution < 1.29 is 14.3 Å². The Balaban J connectivity index is 1.88. The standard InChI is InChI=1S/C22H29N3O3/c1-4-28-22(27)20(23-21(26)18-12-8-9-13-18)19-15(2)24-25(16(19)3)14-17-10-6-5-7-11-17/h5-7,10-11,18,20H,4,8-9,12-14H2,1-3H3,(H,23,26)/t20-/m0/s1. The Morgan fingerprint density at radius 2 is 1.89 bits per heavy atom. The average molecular weight is 383 g/mol. The molecule has 0 saturated heterocycles. The number of ether oxygens (including phenoxy) is 1. The smallest absolute Gasteiger partial charge is 0.333 e. The second-order valence-corrected chi connectivity index (χ2v) is 7.40. The number of nitrogens with zero attached hydrogens (tertiary/aromatic N) is 2. The van der Waals surface area contributed by atoms with E-state index in [1.54, 1.807) is 6.92 Å². The van der Waals surface area contributed by atoms with Crippen LogP contribution in [0, 0.1) is 19.8 Å². The van der Waals surface area contributed by atoms with Crippen LogP contribution in [-0.4, -0.2) is 28.3 Å². The van der Waals surface area contributed by atoms with Crippen molar-refractivity contribution >= 4 is 11.9 Å². The summed E-state index contributed by atoms with van der Waals surface area (Å²) >= 11 is 0. The second kappa shape index (κ2) is 9.04. The van der Waals surface area contributed by atoms with Crippen LogP contribution >= 0.6 is 0 Å². The van der Waals surface area contributed by atoms with Crippen LogP contribution in [0.3, 0.4) is 0 Å². The summed E-state index contributed by atoms with van der Waals surface area (Å²) in [6.07, 6.45) is 3.89. The van der Waals surface area contributed by atoms with Crippen LogP contribution in [0.15, 0.2) is 30.3 Å². The molecular weight excluding hydrogens is 354 g/mol. The predicted molar refractivity (Wildman–Crippen MR) is 107 cm³/mol. The van der Waals surface area contributed by atoms with Crippen molar-refractivity contribution in [1.82, 2.24) is 15.1 Å². The van der Waals surface area contributed by atoms with E-state index >= 15 is 0 Å². The highest BCUT2D eigenvalue weighted by Gasteiger charge is 2.33.